The zero-order valence-electron chi connectivity index (χ0n) is 15.6. The number of carboxylic acid groups (broad SMARTS) is 1. The number of fused-ring (bicyclic) bond motifs is 1. The van der Waals surface area contributed by atoms with Crippen LogP contribution in [0.25, 0.3) is 0 Å². The van der Waals surface area contributed by atoms with Gasteiger partial charge in [0.05, 0.1) is 22.8 Å². The van der Waals surface area contributed by atoms with E-state index in [9.17, 15) is 24.3 Å². The quantitative estimate of drug-likeness (QED) is 0.658. The molecule has 0 unspecified atom stereocenters. The van der Waals surface area contributed by atoms with Crippen LogP contribution in [0, 0.1) is 0 Å². The number of aromatic carboxylic acids is 1. The summed E-state index contributed by atoms with van der Waals surface area (Å²) in [4.78, 5) is 49.3. The van der Waals surface area contributed by atoms with Crippen LogP contribution in [-0.4, -0.2) is 23.7 Å². The van der Waals surface area contributed by atoms with Crippen LogP contribution >= 0.6 is 0 Å². The third-order valence-corrected chi connectivity index (χ3v) is 4.82. The summed E-state index contributed by atoms with van der Waals surface area (Å²) >= 11 is 0. The second kappa shape index (κ2) is 7.63. The Morgan fingerprint density at radius 2 is 1.30 bits per heavy atom. The minimum Gasteiger partial charge on any atom is -0.545 e. The first kappa shape index (κ1) is 19.1. The Labute approximate surface area is 171 Å². The number of hydrogen-bond donors (Lipinski definition) is 1. The number of carboxylic acids is 1. The predicted octanol–water partition coefficient (Wildman–Crippen LogP) is 1.78. The summed E-state index contributed by atoms with van der Waals surface area (Å²) in [5, 5.41) is 13.5. The van der Waals surface area contributed by atoms with Crippen molar-refractivity contribution >= 4 is 29.4 Å². The van der Waals surface area contributed by atoms with Gasteiger partial charge in [-0.3, -0.25) is 14.4 Å². The van der Waals surface area contributed by atoms with Crippen molar-refractivity contribution in [3.05, 3.63) is 101 Å². The van der Waals surface area contributed by atoms with Crippen LogP contribution < -0.4 is 15.3 Å². The van der Waals surface area contributed by atoms with Gasteiger partial charge in [0.1, 0.15) is 0 Å². The Bertz CT molecular complexity index is 1130. The first-order chi connectivity index (χ1) is 14.5. The first-order valence-corrected chi connectivity index (χ1v) is 9.12. The fourth-order valence-corrected chi connectivity index (χ4v) is 3.23. The van der Waals surface area contributed by atoms with Crippen LogP contribution in [0.2, 0.25) is 0 Å². The number of carbonyl (C=O) groups excluding carboxylic acids is 4. The van der Waals surface area contributed by atoms with Gasteiger partial charge in [-0.1, -0.05) is 36.4 Å². The molecule has 7 heteroatoms. The molecular formula is C23H15N2O5-. The van der Waals surface area contributed by atoms with E-state index in [-0.39, 0.29) is 18.0 Å². The molecule has 0 radical (unpaired) electrons. The highest BCUT2D eigenvalue weighted by molar-refractivity contribution is 6.34. The highest BCUT2D eigenvalue weighted by Crippen LogP contribution is 2.28. The third-order valence-electron chi connectivity index (χ3n) is 4.82. The minimum absolute atomic E-state index is 0.0637. The average Bonchev–Trinajstić information content (AvgIpc) is 3.03. The van der Waals surface area contributed by atoms with Gasteiger partial charge < -0.3 is 15.2 Å². The van der Waals surface area contributed by atoms with Gasteiger partial charge in [-0.15, -0.1) is 0 Å². The lowest BCUT2D eigenvalue weighted by Crippen LogP contribution is -2.29. The number of carbonyl (C=O) groups is 4. The van der Waals surface area contributed by atoms with Gasteiger partial charge in [0.2, 0.25) is 0 Å². The Morgan fingerprint density at radius 3 is 1.83 bits per heavy atom. The van der Waals surface area contributed by atoms with Gasteiger partial charge in [0, 0.05) is 12.1 Å². The summed E-state index contributed by atoms with van der Waals surface area (Å²) in [5.41, 5.74) is 2.25. The lowest BCUT2D eigenvalue weighted by atomic mass is 10.1. The van der Waals surface area contributed by atoms with Crippen molar-refractivity contribution in [1.29, 1.82) is 0 Å². The van der Waals surface area contributed by atoms with Gasteiger partial charge >= 0.3 is 0 Å². The lowest BCUT2D eigenvalue weighted by molar-refractivity contribution is -0.255. The molecule has 30 heavy (non-hydrogen) atoms. The Balaban J connectivity index is 1.43. The third kappa shape index (κ3) is 3.44. The molecule has 4 rings (SSSR count). The molecule has 0 aliphatic carbocycles. The van der Waals surface area contributed by atoms with Crippen molar-refractivity contribution < 1.29 is 24.3 Å². The highest BCUT2D eigenvalue weighted by atomic mass is 16.4. The van der Waals surface area contributed by atoms with E-state index >= 15 is 0 Å². The van der Waals surface area contributed by atoms with Gasteiger partial charge in [-0.2, -0.15) is 0 Å². The van der Waals surface area contributed by atoms with Crippen molar-refractivity contribution in [3.8, 4) is 0 Å². The van der Waals surface area contributed by atoms with Gasteiger partial charge in [0.15, 0.2) is 0 Å². The number of amides is 3. The minimum atomic E-state index is -1.26. The van der Waals surface area contributed by atoms with Crippen LogP contribution in [-0.2, 0) is 6.54 Å². The second-order valence-electron chi connectivity index (χ2n) is 6.71. The summed E-state index contributed by atoms with van der Waals surface area (Å²) < 4.78 is 0. The van der Waals surface area contributed by atoms with E-state index < -0.39 is 17.8 Å². The normalized spacial score (nSPS) is 12.6. The van der Waals surface area contributed by atoms with E-state index in [1.54, 1.807) is 48.5 Å². The van der Waals surface area contributed by atoms with E-state index in [2.05, 4.69) is 5.32 Å². The van der Waals surface area contributed by atoms with Gasteiger partial charge in [0.25, 0.3) is 17.7 Å². The number of rotatable bonds is 5. The fraction of sp³-hybridized carbons (Fsp3) is 0.0435. The number of imide groups is 1. The maximum Gasteiger partial charge on any atom is 0.266 e. The topological polar surface area (TPSA) is 107 Å². The molecule has 0 fully saturated rings. The maximum atomic E-state index is 12.5. The summed E-state index contributed by atoms with van der Waals surface area (Å²) in [6.45, 7) is 0.215. The summed E-state index contributed by atoms with van der Waals surface area (Å²) in [7, 11) is 0. The van der Waals surface area contributed by atoms with E-state index in [0.29, 0.717) is 22.4 Å². The van der Waals surface area contributed by atoms with Gasteiger partial charge in [-0.05, 0) is 47.5 Å². The number of benzene rings is 3. The van der Waals surface area contributed by atoms with Crippen molar-refractivity contribution in [2.45, 2.75) is 6.54 Å². The number of nitrogens with zero attached hydrogens (tertiary/aromatic N) is 1. The standard InChI is InChI=1S/C23H16N2O5/c26-20(24-13-14-5-7-16(8-6-14)23(29)30)15-9-11-17(12-10-15)25-21(27)18-3-1-2-4-19(18)22(25)28/h1-12H,13H2,(H,24,26)(H,29,30)/p-1. The Hall–Kier alpha value is -4.26. The van der Waals surface area contributed by atoms with Crippen molar-refractivity contribution in [3.63, 3.8) is 0 Å². The molecule has 0 bridgehead atoms. The first-order valence-electron chi connectivity index (χ1n) is 9.12. The number of anilines is 1. The lowest BCUT2D eigenvalue weighted by Gasteiger charge is -2.14. The monoisotopic (exact) mass is 399 g/mol. The summed E-state index contributed by atoms with van der Waals surface area (Å²) in [6, 6.07) is 18.8. The molecular weight excluding hydrogens is 384 g/mol. The summed E-state index contributed by atoms with van der Waals surface area (Å²) in [6.07, 6.45) is 0. The molecule has 0 spiro atoms. The van der Waals surface area contributed by atoms with Crippen LogP contribution in [0.3, 0.4) is 0 Å². The second-order valence-corrected chi connectivity index (χ2v) is 6.71. The van der Waals surface area contributed by atoms with E-state index in [1.807, 2.05) is 0 Å². The fourth-order valence-electron chi connectivity index (χ4n) is 3.23. The molecule has 0 saturated carbocycles. The van der Waals surface area contributed by atoms with Crippen molar-refractivity contribution in [2.24, 2.45) is 0 Å². The van der Waals surface area contributed by atoms with Gasteiger partial charge in [-0.25, -0.2) is 4.90 Å². The van der Waals surface area contributed by atoms with E-state index in [1.165, 1.54) is 24.3 Å². The molecule has 1 N–H and O–H groups in total. The molecule has 0 saturated heterocycles. The zero-order valence-corrected chi connectivity index (χ0v) is 15.6. The van der Waals surface area contributed by atoms with E-state index in [0.717, 1.165) is 10.5 Å². The zero-order chi connectivity index (χ0) is 21.3. The molecule has 1 heterocycles. The molecule has 3 aromatic rings. The molecule has 148 valence electrons. The smallest absolute Gasteiger partial charge is 0.266 e. The van der Waals surface area contributed by atoms with Crippen LogP contribution in [0.4, 0.5) is 5.69 Å². The SMILES string of the molecule is O=C([O-])c1ccc(CNC(=O)c2ccc(N3C(=O)c4ccccc4C3=O)cc2)cc1. The Morgan fingerprint density at radius 1 is 0.767 bits per heavy atom. The molecule has 1 aliphatic heterocycles. The van der Waals surface area contributed by atoms with Crippen LogP contribution in [0.15, 0.2) is 72.8 Å². The molecule has 0 atom stereocenters. The number of hydrogen-bond acceptors (Lipinski definition) is 5. The van der Waals surface area contributed by atoms with Crippen LogP contribution in [0.5, 0.6) is 0 Å². The maximum absolute atomic E-state index is 12.5. The van der Waals surface area contributed by atoms with Crippen molar-refractivity contribution in [2.75, 3.05) is 4.90 Å². The van der Waals surface area contributed by atoms with Crippen molar-refractivity contribution in [1.82, 2.24) is 5.32 Å². The van der Waals surface area contributed by atoms with Crippen LogP contribution in [0.1, 0.15) is 47.0 Å². The molecule has 3 aromatic carbocycles. The summed E-state index contributed by atoms with van der Waals surface area (Å²) in [5.74, 6) is -2.39. The number of nitrogens with one attached hydrogen (secondary N) is 1. The molecule has 3 amide bonds. The molecule has 0 aromatic heterocycles. The molecule has 7 nitrogen and oxygen atoms in total. The Kier molecular flexibility index (Phi) is 4.85. The molecule has 1 aliphatic rings. The predicted molar refractivity (Wildman–Crippen MR) is 106 cm³/mol. The van der Waals surface area contributed by atoms with E-state index in [4.69, 9.17) is 0 Å². The highest BCUT2D eigenvalue weighted by Gasteiger charge is 2.36. The largest absolute Gasteiger partial charge is 0.545 e. The average molecular weight is 399 g/mol.